The Morgan fingerprint density at radius 3 is 2.70 bits per heavy atom. The van der Waals surface area contributed by atoms with Crippen LogP contribution in [-0.4, -0.2) is 18.5 Å². The highest BCUT2D eigenvalue weighted by atomic mass is 16.2. The molecule has 0 bridgehead atoms. The number of urea groups is 1. The van der Waals surface area contributed by atoms with Crippen LogP contribution in [0.15, 0.2) is 0 Å². The molecule has 4 nitrogen and oxygen atoms in total. The molecular formula is C6H12N2O2. The highest BCUT2D eigenvalue weighted by molar-refractivity contribution is 5.84. The van der Waals surface area contributed by atoms with Crippen LogP contribution in [0.5, 0.6) is 0 Å². The SMILES string of the molecule is CCC(C)NC(=O)NC=O. The zero-order valence-electron chi connectivity index (χ0n) is 6.18. The zero-order valence-corrected chi connectivity index (χ0v) is 6.18. The van der Waals surface area contributed by atoms with Crippen molar-refractivity contribution in [1.82, 2.24) is 10.6 Å². The molecule has 4 heteroatoms. The number of hydrogen-bond donors (Lipinski definition) is 2. The van der Waals surface area contributed by atoms with Gasteiger partial charge in [-0.3, -0.25) is 10.1 Å². The van der Waals surface area contributed by atoms with Gasteiger partial charge in [-0.2, -0.15) is 0 Å². The van der Waals surface area contributed by atoms with Crippen molar-refractivity contribution >= 4 is 12.4 Å². The number of rotatable bonds is 3. The number of carbonyl (C=O) groups excluding carboxylic acids is 2. The van der Waals surface area contributed by atoms with Crippen molar-refractivity contribution in [2.45, 2.75) is 26.3 Å². The predicted octanol–water partition coefficient (Wildman–Crippen LogP) is 0.241. The van der Waals surface area contributed by atoms with Crippen molar-refractivity contribution in [1.29, 1.82) is 0 Å². The van der Waals surface area contributed by atoms with Crippen molar-refractivity contribution in [2.75, 3.05) is 0 Å². The van der Waals surface area contributed by atoms with Gasteiger partial charge in [0.25, 0.3) is 0 Å². The molecule has 0 aliphatic heterocycles. The van der Waals surface area contributed by atoms with E-state index < -0.39 is 6.03 Å². The fraction of sp³-hybridized carbons (Fsp3) is 0.667. The molecule has 0 fully saturated rings. The molecular weight excluding hydrogens is 132 g/mol. The summed E-state index contributed by atoms with van der Waals surface area (Å²) in [5.74, 6) is 0. The van der Waals surface area contributed by atoms with Crippen LogP contribution in [0.25, 0.3) is 0 Å². The smallest absolute Gasteiger partial charge is 0.321 e. The van der Waals surface area contributed by atoms with Gasteiger partial charge in [-0.15, -0.1) is 0 Å². The summed E-state index contributed by atoms with van der Waals surface area (Å²) in [5, 5.41) is 4.53. The summed E-state index contributed by atoms with van der Waals surface area (Å²) in [5.41, 5.74) is 0. The Hall–Kier alpha value is -1.06. The predicted molar refractivity (Wildman–Crippen MR) is 37.5 cm³/mol. The van der Waals surface area contributed by atoms with Crippen molar-refractivity contribution < 1.29 is 9.59 Å². The number of carbonyl (C=O) groups is 2. The molecule has 0 heterocycles. The molecule has 3 amide bonds. The van der Waals surface area contributed by atoms with Gasteiger partial charge in [-0.1, -0.05) is 6.92 Å². The van der Waals surface area contributed by atoms with Gasteiger partial charge in [-0.25, -0.2) is 4.79 Å². The van der Waals surface area contributed by atoms with Crippen LogP contribution in [0.4, 0.5) is 4.79 Å². The molecule has 0 aliphatic rings. The van der Waals surface area contributed by atoms with Gasteiger partial charge in [0.15, 0.2) is 0 Å². The van der Waals surface area contributed by atoms with E-state index in [-0.39, 0.29) is 6.04 Å². The molecule has 0 saturated carbocycles. The molecule has 10 heavy (non-hydrogen) atoms. The first-order valence-electron chi connectivity index (χ1n) is 3.21. The van der Waals surface area contributed by atoms with Crippen LogP contribution in [0.2, 0.25) is 0 Å². The molecule has 58 valence electrons. The standard InChI is InChI=1S/C6H12N2O2/c1-3-5(2)8-6(10)7-4-9/h4-5H,3H2,1-2H3,(H2,7,8,9,10). The Balaban J connectivity index is 3.46. The molecule has 0 aliphatic carbocycles. The number of amides is 3. The lowest BCUT2D eigenvalue weighted by Crippen LogP contribution is -2.39. The maximum Gasteiger partial charge on any atom is 0.321 e. The van der Waals surface area contributed by atoms with E-state index in [1.807, 2.05) is 19.2 Å². The van der Waals surface area contributed by atoms with Crippen LogP contribution in [-0.2, 0) is 4.79 Å². The van der Waals surface area contributed by atoms with Gasteiger partial charge < -0.3 is 5.32 Å². The summed E-state index contributed by atoms with van der Waals surface area (Å²) in [4.78, 5) is 20.3. The average Bonchev–Trinajstić information content (AvgIpc) is 1.88. The van der Waals surface area contributed by atoms with E-state index in [0.29, 0.717) is 6.41 Å². The van der Waals surface area contributed by atoms with Crippen molar-refractivity contribution in [3.8, 4) is 0 Å². The lowest BCUT2D eigenvalue weighted by Gasteiger charge is -2.08. The Bertz CT molecular complexity index is 125. The number of hydrogen-bond acceptors (Lipinski definition) is 2. The molecule has 0 radical (unpaired) electrons. The average molecular weight is 144 g/mol. The Morgan fingerprint density at radius 2 is 2.30 bits per heavy atom. The summed E-state index contributed by atoms with van der Waals surface area (Å²) in [6.07, 6.45) is 1.21. The van der Waals surface area contributed by atoms with Crippen molar-refractivity contribution in [2.24, 2.45) is 0 Å². The normalized spacial score (nSPS) is 11.8. The summed E-state index contributed by atoms with van der Waals surface area (Å²) >= 11 is 0. The topological polar surface area (TPSA) is 58.2 Å². The van der Waals surface area contributed by atoms with Gasteiger partial charge >= 0.3 is 6.03 Å². The zero-order chi connectivity index (χ0) is 7.98. The van der Waals surface area contributed by atoms with E-state index in [9.17, 15) is 9.59 Å². The molecule has 1 unspecified atom stereocenters. The van der Waals surface area contributed by atoms with Crippen molar-refractivity contribution in [3.63, 3.8) is 0 Å². The lowest BCUT2D eigenvalue weighted by molar-refractivity contribution is -0.108. The van der Waals surface area contributed by atoms with Gasteiger partial charge in [0, 0.05) is 6.04 Å². The fourth-order valence-corrected chi connectivity index (χ4v) is 0.421. The van der Waals surface area contributed by atoms with E-state index in [0.717, 1.165) is 6.42 Å². The van der Waals surface area contributed by atoms with Gasteiger partial charge in [0.1, 0.15) is 0 Å². The second-order valence-electron chi connectivity index (χ2n) is 2.04. The maximum atomic E-state index is 10.6. The molecule has 2 N–H and O–H groups in total. The summed E-state index contributed by atoms with van der Waals surface area (Å²) < 4.78 is 0. The fourth-order valence-electron chi connectivity index (χ4n) is 0.421. The summed E-state index contributed by atoms with van der Waals surface area (Å²) in [7, 11) is 0. The molecule has 0 rings (SSSR count). The van der Waals surface area contributed by atoms with Crippen molar-refractivity contribution in [3.05, 3.63) is 0 Å². The first kappa shape index (κ1) is 8.94. The molecule has 0 spiro atoms. The van der Waals surface area contributed by atoms with E-state index in [2.05, 4.69) is 5.32 Å². The van der Waals surface area contributed by atoms with Crippen LogP contribution in [0.3, 0.4) is 0 Å². The Labute approximate surface area is 60.0 Å². The highest BCUT2D eigenvalue weighted by Crippen LogP contribution is 1.85. The summed E-state index contributed by atoms with van der Waals surface area (Å²) in [6, 6.07) is -0.329. The first-order valence-corrected chi connectivity index (χ1v) is 3.21. The second kappa shape index (κ2) is 4.78. The van der Waals surface area contributed by atoms with E-state index in [1.54, 1.807) is 0 Å². The minimum Gasteiger partial charge on any atom is -0.335 e. The van der Waals surface area contributed by atoms with Crippen LogP contribution in [0.1, 0.15) is 20.3 Å². The van der Waals surface area contributed by atoms with Gasteiger partial charge in [0.2, 0.25) is 6.41 Å². The maximum absolute atomic E-state index is 10.6. The summed E-state index contributed by atoms with van der Waals surface area (Å²) in [6.45, 7) is 3.82. The van der Waals surface area contributed by atoms with Gasteiger partial charge in [0.05, 0.1) is 0 Å². The van der Waals surface area contributed by atoms with Crippen LogP contribution < -0.4 is 10.6 Å². The third-order valence-electron chi connectivity index (χ3n) is 1.18. The minimum atomic E-state index is -0.440. The van der Waals surface area contributed by atoms with Crippen LogP contribution in [0, 0.1) is 0 Å². The minimum absolute atomic E-state index is 0.111. The quantitative estimate of drug-likeness (QED) is 0.557. The molecule has 0 saturated heterocycles. The highest BCUT2D eigenvalue weighted by Gasteiger charge is 2.01. The third kappa shape index (κ3) is 3.88. The molecule has 0 aromatic heterocycles. The number of imide groups is 1. The molecule has 1 atom stereocenters. The Morgan fingerprint density at radius 1 is 1.70 bits per heavy atom. The largest absolute Gasteiger partial charge is 0.335 e. The lowest BCUT2D eigenvalue weighted by atomic mass is 10.3. The van der Waals surface area contributed by atoms with Crippen LogP contribution >= 0.6 is 0 Å². The molecule has 0 aromatic carbocycles. The Kier molecular flexibility index (Phi) is 4.28. The van der Waals surface area contributed by atoms with E-state index in [4.69, 9.17) is 0 Å². The van der Waals surface area contributed by atoms with Gasteiger partial charge in [-0.05, 0) is 13.3 Å². The first-order chi connectivity index (χ1) is 4.70. The van der Waals surface area contributed by atoms with E-state index >= 15 is 0 Å². The molecule has 0 aromatic rings. The second-order valence-corrected chi connectivity index (χ2v) is 2.04. The van der Waals surface area contributed by atoms with E-state index in [1.165, 1.54) is 0 Å². The number of nitrogens with one attached hydrogen (secondary N) is 2. The third-order valence-corrected chi connectivity index (χ3v) is 1.18. The monoisotopic (exact) mass is 144 g/mol.